The fraction of sp³-hybridized carbons (Fsp3) is 0.269. The fourth-order valence-electron chi connectivity index (χ4n) is 3.56. The van der Waals surface area contributed by atoms with E-state index in [0.717, 1.165) is 22.7 Å². The van der Waals surface area contributed by atoms with Gasteiger partial charge in [0.25, 0.3) is 10.0 Å². The molecule has 0 heterocycles. The van der Waals surface area contributed by atoms with E-state index >= 15 is 0 Å². The molecule has 0 aliphatic carbocycles. The Bertz CT molecular complexity index is 1220. The molecular formula is C26H29ClN2O3S. The number of sulfonamides is 1. The van der Waals surface area contributed by atoms with Gasteiger partial charge in [0.2, 0.25) is 5.91 Å². The average molecular weight is 485 g/mol. The van der Waals surface area contributed by atoms with Crippen molar-refractivity contribution < 1.29 is 13.2 Å². The summed E-state index contributed by atoms with van der Waals surface area (Å²) in [5.41, 5.74) is 4.46. The maximum Gasteiger partial charge on any atom is 0.264 e. The third-order valence-corrected chi connectivity index (χ3v) is 7.39. The maximum atomic E-state index is 13.5. The standard InChI is InChI=1S/C26H29ClN2O3S/c1-19-9-13-24(14-10-19)33(31,32)29(25-17-23(27)12-11-21(25)3)18-26(30)28-15-5-8-22-7-4-6-20(2)16-22/h4,6-7,9-14,16-17H,5,8,15,18H2,1-3H3,(H,28,30). The van der Waals surface area contributed by atoms with Crippen molar-refractivity contribution in [3.63, 3.8) is 0 Å². The number of rotatable bonds is 9. The minimum Gasteiger partial charge on any atom is -0.355 e. The molecule has 3 aromatic carbocycles. The highest BCUT2D eigenvalue weighted by Crippen LogP contribution is 2.29. The first kappa shape index (κ1) is 24.8. The van der Waals surface area contributed by atoms with Crippen molar-refractivity contribution in [2.24, 2.45) is 0 Å². The van der Waals surface area contributed by atoms with Gasteiger partial charge < -0.3 is 5.32 Å². The monoisotopic (exact) mass is 484 g/mol. The van der Waals surface area contributed by atoms with Crippen LogP contribution in [-0.2, 0) is 21.2 Å². The third kappa shape index (κ3) is 6.59. The second kappa shape index (κ2) is 10.9. The van der Waals surface area contributed by atoms with Gasteiger partial charge in [0.05, 0.1) is 10.6 Å². The topological polar surface area (TPSA) is 66.5 Å². The lowest BCUT2D eigenvalue weighted by molar-refractivity contribution is -0.119. The van der Waals surface area contributed by atoms with Crippen molar-refractivity contribution in [3.8, 4) is 0 Å². The molecule has 3 rings (SSSR count). The molecule has 33 heavy (non-hydrogen) atoms. The quantitative estimate of drug-likeness (QED) is 0.424. The molecule has 1 N–H and O–H groups in total. The van der Waals surface area contributed by atoms with E-state index in [4.69, 9.17) is 11.6 Å². The molecule has 7 heteroatoms. The molecule has 174 valence electrons. The van der Waals surface area contributed by atoms with E-state index in [2.05, 4.69) is 17.4 Å². The van der Waals surface area contributed by atoms with Gasteiger partial charge in [-0.2, -0.15) is 0 Å². The zero-order valence-electron chi connectivity index (χ0n) is 19.1. The van der Waals surface area contributed by atoms with Gasteiger partial charge in [0.15, 0.2) is 0 Å². The van der Waals surface area contributed by atoms with Crippen molar-refractivity contribution in [1.82, 2.24) is 5.32 Å². The minimum atomic E-state index is -3.97. The molecule has 0 fully saturated rings. The van der Waals surface area contributed by atoms with Crippen LogP contribution in [0.15, 0.2) is 71.6 Å². The normalized spacial score (nSPS) is 11.3. The summed E-state index contributed by atoms with van der Waals surface area (Å²) in [6.07, 6.45) is 1.59. The SMILES string of the molecule is Cc1ccc(S(=O)(=O)N(CC(=O)NCCCc2cccc(C)c2)c2cc(Cl)ccc2C)cc1. The number of halogens is 1. The van der Waals surface area contributed by atoms with Gasteiger partial charge in [-0.15, -0.1) is 0 Å². The summed E-state index contributed by atoms with van der Waals surface area (Å²) in [6.45, 7) is 5.86. The molecule has 0 aliphatic heterocycles. The molecule has 0 saturated carbocycles. The summed E-state index contributed by atoms with van der Waals surface area (Å²) in [4.78, 5) is 12.9. The fourth-order valence-corrected chi connectivity index (χ4v) is 5.21. The van der Waals surface area contributed by atoms with Gasteiger partial charge in [-0.05, 0) is 69.0 Å². The first-order chi connectivity index (χ1) is 15.7. The smallest absolute Gasteiger partial charge is 0.264 e. The van der Waals surface area contributed by atoms with Crippen LogP contribution >= 0.6 is 11.6 Å². The predicted octanol–water partition coefficient (Wildman–Crippen LogP) is 5.21. The van der Waals surface area contributed by atoms with Crippen LogP contribution in [0, 0.1) is 20.8 Å². The molecule has 0 spiro atoms. The Morgan fingerprint density at radius 2 is 1.67 bits per heavy atom. The Labute approximate surface area is 201 Å². The summed E-state index contributed by atoms with van der Waals surface area (Å²) in [7, 11) is -3.97. The Morgan fingerprint density at radius 3 is 2.36 bits per heavy atom. The highest BCUT2D eigenvalue weighted by atomic mass is 35.5. The molecule has 5 nitrogen and oxygen atoms in total. The summed E-state index contributed by atoms with van der Waals surface area (Å²) >= 11 is 6.16. The third-order valence-electron chi connectivity index (χ3n) is 5.38. The summed E-state index contributed by atoms with van der Waals surface area (Å²) in [5.74, 6) is -0.366. The number of anilines is 1. The van der Waals surface area contributed by atoms with Crippen LogP contribution in [0.3, 0.4) is 0 Å². The Balaban J connectivity index is 1.76. The lowest BCUT2D eigenvalue weighted by Gasteiger charge is -2.26. The molecule has 0 aromatic heterocycles. The van der Waals surface area contributed by atoms with Crippen molar-refractivity contribution >= 4 is 33.2 Å². The van der Waals surface area contributed by atoms with Gasteiger partial charge in [-0.25, -0.2) is 8.42 Å². The van der Waals surface area contributed by atoms with E-state index in [1.165, 1.54) is 11.1 Å². The highest BCUT2D eigenvalue weighted by molar-refractivity contribution is 7.92. The van der Waals surface area contributed by atoms with Crippen LogP contribution in [-0.4, -0.2) is 27.4 Å². The number of hydrogen-bond donors (Lipinski definition) is 1. The van der Waals surface area contributed by atoms with E-state index in [1.54, 1.807) is 49.4 Å². The van der Waals surface area contributed by atoms with Crippen LogP contribution < -0.4 is 9.62 Å². The number of carbonyl (C=O) groups excluding carboxylic acids is 1. The minimum absolute atomic E-state index is 0.125. The van der Waals surface area contributed by atoms with Crippen molar-refractivity contribution in [1.29, 1.82) is 0 Å². The second-order valence-corrected chi connectivity index (χ2v) is 10.5. The van der Waals surface area contributed by atoms with Crippen LogP contribution in [0.1, 0.15) is 28.7 Å². The highest BCUT2D eigenvalue weighted by Gasteiger charge is 2.28. The largest absolute Gasteiger partial charge is 0.355 e. The van der Waals surface area contributed by atoms with Gasteiger partial charge in [0.1, 0.15) is 6.54 Å². The number of carbonyl (C=O) groups is 1. The van der Waals surface area contributed by atoms with E-state index < -0.39 is 10.0 Å². The summed E-state index contributed by atoms with van der Waals surface area (Å²) in [5, 5.41) is 3.26. The van der Waals surface area contributed by atoms with Crippen molar-refractivity contribution in [2.75, 3.05) is 17.4 Å². The van der Waals surface area contributed by atoms with E-state index in [-0.39, 0.29) is 17.3 Å². The van der Waals surface area contributed by atoms with Gasteiger partial charge in [0, 0.05) is 11.6 Å². The van der Waals surface area contributed by atoms with Crippen LogP contribution in [0.2, 0.25) is 5.02 Å². The lowest BCUT2D eigenvalue weighted by Crippen LogP contribution is -2.41. The summed E-state index contributed by atoms with van der Waals surface area (Å²) in [6, 6.07) is 19.9. The molecule has 0 bridgehead atoms. The first-order valence-corrected chi connectivity index (χ1v) is 12.7. The van der Waals surface area contributed by atoms with Crippen LogP contribution in [0.4, 0.5) is 5.69 Å². The number of nitrogens with zero attached hydrogens (tertiary/aromatic N) is 1. The predicted molar refractivity (Wildman–Crippen MR) is 134 cm³/mol. The van der Waals surface area contributed by atoms with Gasteiger partial charge in [-0.3, -0.25) is 9.10 Å². The average Bonchev–Trinajstić information content (AvgIpc) is 2.77. The lowest BCUT2D eigenvalue weighted by atomic mass is 10.1. The molecule has 0 saturated heterocycles. The molecule has 0 aliphatic rings. The van der Waals surface area contributed by atoms with Crippen molar-refractivity contribution in [3.05, 3.63) is 94.0 Å². The Kier molecular flexibility index (Phi) is 8.16. The van der Waals surface area contributed by atoms with E-state index in [9.17, 15) is 13.2 Å². The summed E-state index contributed by atoms with van der Waals surface area (Å²) < 4.78 is 28.1. The number of nitrogens with one attached hydrogen (secondary N) is 1. The molecule has 0 atom stereocenters. The zero-order valence-corrected chi connectivity index (χ0v) is 20.7. The van der Waals surface area contributed by atoms with Crippen LogP contribution in [0.5, 0.6) is 0 Å². The first-order valence-electron chi connectivity index (χ1n) is 10.8. The Morgan fingerprint density at radius 1 is 0.939 bits per heavy atom. The van der Waals surface area contributed by atoms with Gasteiger partial charge in [-0.1, -0.05) is 65.2 Å². The van der Waals surface area contributed by atoms with E-state index in [1.807, 2.05) is 26.0 Å². The molecule has 1 amide bonds. The molecular weight excluding hydrogens is 456 g/mol. The van der Waals surface area contributed by atoms with Crippen molar-refractivity contribution in [2.45, 2.75) is 38.5 Å². The van der Waals surface area contributed by atoms with Crippen LogP contribution in [0.25, 0.3) is 0 Å². The molecule has 3 aromatic rings. The zero-order chi connectivity index (χ0) is 24.0. The Hall–Kier alpha value is -2.83. The second-order valence-electron chi connectivity index (χ2n) is 8.20. The number of hydrogen-bond acceptors (Lipinski definition) is 3. The van der Waals surface area contributed by atoms with E-state index in [0.29, 0.717) is 22.8 Å². The molecule has 0 radical (unpaired) electrons. The maximum absolute atomic E-state index is 13.5. The number of amides is 1. The molecule has 0 unspecified atom stereocenters. The number of benzene rings is 3. The number of aryl methyl sites for hydroxylation is 4. The van der Waals surface area contributed by atoms with Gasteiger partial charge >= 0.3 is 0 Å².